The Hall–Kier alpha value is -1.35. The van der Waals surface area contributed by atoms with Gasteiger partial charge in [-0.15, -0.1) is 11.3 Å². The molecular weight excluding hydrogens is 228 g/mol. The van der Waals surface area contributed by atoms with E-state index >= 15 is 0 Å². The van der Waals surface area contributed by atoms with Crippen LogP contribution in [0.3, 0.4) is 0 Å². The van der Waals surface area contributed by atoms with Gasteiger partial charge in [0.1, 0.15) is 0 Å². The van der Waals surface area contributed by atoms with Crippen molar-refractivity contribution in [2.75, 3.05) is 5.32 Å². The van der Waals surface area contributed by atoms with Crippen LogP contribution in [-0.2, 0) is 19.4 Å². The van der Waals surface area contributed by atoms with Gasteiger partial charge in [0.2, 0.25) is 0 Å². The molecule has 0 aliphatic carbocycles. The number of thiazole rings is 1. The second-order valence-electron chi connectivity index (χ2n) is 3.98. The van der Waals surface area contributed by atoms with Crippen molar-refractivity contribution in [3.05, 3.63) is 45.9 Å². The zero-order chi connectivity index (χ0) is 12.1. The van der Waals surface area contributed by atoms with E-state index in [2.05, 4.69) is 48.4 Å². The molecule has 2 rings (SSSR count). The van der Waals surface area contributed by atoms with Gasteiger partial charge in [-0.05, 0) is 30.5 Å². The number of benzene rings is 1. The lowest BCUT2D eigenvalue weighted by atomic mass is 10.1. The van der Waals surface area contributed by atoms with Crippen LogP contribution in [0.1, 0.15) is 29.3 Å². The number of hydrogen-bond acceptors (Lipinski definition) is 3. The molecule has 3 heteroatoms. The van der Waals surface area contributed by atoms with Crippen LogP contribution in [0.15, 0.2) is 30.5 Å². The highest BCUT2D eigenvalue weighted by molar-refractivity contribution is 7.11. The maximum atomic E-state index is 4.35. The van der Waals surface area contributed by atoms with Gasteiger partial charge in [-0.25, -0.2) is 4.98 Å². The maximum absolute atomic E-state index is 4.35. The molecule has 0 bridgehead atoms. The van der Waals surface area contributed by atoms with Crippen molar-refractivity contribution in [3.63, 3.8) is 0 Å². The largest absolute Gasteiger partial charge is 0.380 e. The summed E-state index contributed by atoms with van der Waals surface area (Å²) >= 11 is 1.79. The van der Waals surface area contributed by atoms with Crippen LogP contribution < -0.4 is 5.32 Å². The van der Waals surface area contributed by atoms with E-state index < -0.39 is 0 Å². The third-order valence-corrected chi connectivity index (χ3v) is 3.87. The van der Waals surface area contributed by atoms with E-state index in [0.717, 1.165) is 19.4 Å². The molecule has 0 saturated carbocycles. The number of anilines is 1. The summed E-state index contributed by atoms with van der Waals surface area (Å²) in [4.78, 5) is 5.65. The molecule has 0 radical (unpaired) electrons. The van der Waals surface area contributed by atoms with Crippen LogP contribution in [0.5, 0.6) is 0 Å². The Morgan fingerprint density at radius 2 is 1.88 bits per heavy atom. The van der Waals surface area contributed by atoms with Crippen LogP contribution >= 0.6 is 11.3 Å². The van der Waals surface area contributed by atoms with Crippen molar-refractivity contribution >= 4 is 17.0 Å². The molecule has 2 aromatic rings. The molecule has 0 amide bonds. The third kappa shape index (κ3) is 3.30. The molecule has 90 valence electrons. The minimum absolute atomic E-state index is 0.864. The topological polar surface area (TPSA) is 24.9 Å². The van der Waals surface area contributed by atoms with Gasteiger partial charge in [-0.1, -0.05) is 26.0 Å². The first-order valence-electron chi connectivity index (χ1n) is 6.08. The number of nitrogens with one attached hydrogen (secondary N) is 1. The highest BCUT2D eigenvalue weighted by Crippen LogP contribution is 2.16. The summed E-state index contributed by atoms with van der Waals surface area (Å²) in [6.07, 6.45) is 4.09. The average molecular weight is 246 g/mol. The van der Waals surface area contributed by atoms with Gasteiger partial charge >= 0.3 is 0 Å². The monoisotopic (exact) mass is 246 g/mol. The first kappa shape index (κ1) is 12.1. The Balaban J connectivity index is 1.92. The van der Waals surface area contributed by atoms with Crippen LogP contribution in [0.25, 0.3) is 0 Å². The van der Waals surface area contributed by atoms with E-state index in [-0.39, 0.29) is 0 Å². The Kier molecular flexibility index (Phi) is 4.15. The Morgan fingerprint density at radius 3 is 2.47 bits per heavy atom. The summed E-state index contributed by atoms with van der Waals surface area (Å²) in [7, 11) is 0. The Labute approximate surface area is 107 Å². The number of aryl methyl sites for hydroxylation is 2. The molecule has 1 N–H and O–H groups in total. The van der Waals surface area contributed by atoms with Crippen molar-refractivity contribution in [1.82, 2.24) is 4.98 Å². The molecule has 1 aromatic heterocycles. The fraction of sp³-hybridized carbons (Fsp3) is 0.357. The quantitative estimate of drug-likeness (QED) is 0.866. The van der Waals surface area contributed by atoms with Gasteiger partial charge in [0.15, 0.2) is 0 Å². The van der Waals surface area contributed by atoms with Crippen molar-refractivity contribution in [2.24, 2.45) is 0 Å². The van der Waals surface area contributed by atoms with Gasteiger partial charge < -0.3 is 5.32 Å². The zero-order valence-corrected chi connectivity index (χ0v) is 11.2. The van der Waals surface area contributed by atoms with E-state index in [0.29, 0.717) is 0 Å². The van der Waals surface area contributed by atoms with Gasteiger partial charge in [-0.2, -0.15) is 0 Å². The molecule has 1 heterocycles. The molecule has 0 atom stereocenters. The van der Waals surface area contributed by atoms with Crippen molar-refractivity contribution < 1.29 is 0 Å². The van der Waals surface area contributed by atoms with Crippen molar-refractivity contribution in [2.45, 2.75) is 33.2 Å². The summed E-state index contributed by atoms with van der Waals surface area (Å²) in [6.45, 7) is 5.18. The molecule has 0 fully saturated rings. The normalized spacial score (nSPS) is 10.5. The first-order valence-corrected chi connectivity index (χ1v) is 6.90. The minimum Gasteiger partial charge on any atom is -0.380 e. The number of aromatic nitrogens is 1. The number of hydrogen-bond donors (Lipinski definition) is 1. The third-order valence-electron chi connectivity index (χ3n) is 2.73. The second-order valence-corrected chi connectivity index (χ2v) is 5.18. The second kappa shape index (κ2) is 5.82. The molecular formula is C14H18N2S. The van der Waals surface area contributed by atoms with E-state index in [4.69, 9.17) is 0 Å². The van der Waals surface area contributed by atoms with Gasteiger partial charge in [-0.3, -0.25) is 0 Å². The Morgan fingerprint density at radius 1 is 1.12 bits per heavy atom. The summed E-state index contributed by atoms with van der Waals surface area (Å²) < 4.78 is 0. The van der Waals surface area contributed by atoms with Crippen LogP contribution in [0.2, 0.25) is 0 Å². The molecule has 17 heavy (non-hydrogen) atoms. The minimum atomic E-state index is 0.864. The molecule has 1 aromatic carbocycles. The van der Waals surface area contributed by atoms with Crippen LogP contribution in [-0.4, -0.2) is 4.98 Å². The van der Waals surface area contributed by atoms with Crippen LogP contribution in [0, 0.1) is 0 Å². The lowest BCUT2D eigenvalue weighted by Gasteiger charge is -2.05. The van der Waals surface area contributed by atoms with Crippen LogP contribution in [0.4, 0.5) is 5.69 Å². The van der Waals surface area contributed by atoms with E-state index in [9.17, 15) is 0 Å². The lowest BCUT2D eigenvalue weighted by Crippen LogP contribution is -1.97. The summed E-state index contributed by atoms with van der Waals surface area (Å²) in [5, 5.41) is 4.63. The maximum Gasteiger partial charge on any atom is 0.0925 e. The van der Waals surface area contributed by atoms with Crippen molar-refractivity contribution in [3.8, 4) is 0 Å². The van der Waals surface area contributed by atoms with Gasteiger partial charge in [0, 0.05) is 16.8 Å². The summed E-state index contributed by atoms with van der Waals surface area (Å²) in [5.74, 6) is 0. The zero-order valence-electron chi connectivity index (χ0n) is 10.4. The molecule has 0 aliphatic rings. The van der Waals surface area contributed by atoms with E-state index in [1.165, 1.54) is 21.1 Å². The smallest absolute Gasteiger partial charge is 0.0925 e. The SMILES string of the molecule is CCc1ccc(NCc2cnc(CC)s2)cc1. The highest BCUT2D eigenvalue weighted by atomic mass is 32.1. The predicted octanol–water partition coefficient (Wildman–Crippen LogP) is 3.88. The number of rotatable bonds is 5. The van der Waals surface area contributed by atoms with Gasteiger partial charge in [0.25, 0.3) is 0 Å². The molecule has 0 saturated heterocycles. The highest BCUT2D eigenvalue weighted by Gasteiger charge is 2.00. The van der Waals surface area contributed by atoms with Gasteiger partial charge in [0.05, 0.1) is 11.6 Å². The lowest BCUT2D eigenvalue weighted by molar-refractivity contribution is 1.09. The molecule has 2 nitrogen and oxygen atoms in total. The van der Waals surface area contributed by atoms with E-state index in [1.807, 2.05) is 6.20 Å². The molecule has 0 aliphatic heterocycles. The molecule has 0 unspecified atom stereocenters. The van der Waals surface area contributed by atoms with Crippen molar-refractivity contribution in [1.29, 1.82) is 0 Å². The fourth-order valence-electron chi connectivity index (χ4n) is 1.64. The average Bonchev–Trinajstić information content (AvgIpc) is 2.85. The Bertz CT molecular complexity index is 459. The first-order chi connectivity index (χ1) is 8.31. The molecule has 0 spiro atoms. The fourth-order valence-corrected chi connectivity index (χ4v) is 2.44. The summed E-state index contributed by atoms with van der Waals surface area (Å²) in [6, 6.07) is 8.63. The van der Waals surface area contributed by atoms with E-state index in [1.54, 1.807) is 11.3 Å². The predicted molar refractivity (Wildman–Crippen MR) is 74.6 cm³/mol. The summed E-state index contributed by atoms with van der Waals surface area (Å²) in [5.41, 5.74) is 2.55. The standard InChI is InChI=1S/C14H18N2S/c1-3-11-5-7-12(8-6-11)15-9-13-10-16-14(4-2)17-13/h5-8,10,15H,3-4,9H2,1-2H3. The number of nitrogens with zero attached hydrogens (tertiary/aromatic N) is 1.